The second kappa shape index (κ2) is 9.04. The number of unbranched alkanes of at least 4 members (excludes halogenated alkanes) is 1. The van der Waals surface area contributed by atoms with E-state index in [2.05, 4.69) is 34.6 Å². The summed E-state index contributed by atoms with van der Waals surface area (Å²) in [5.74, 6) is 0.775. The first-order chi connectivity index (χ1) is 7.55. The maximum Gasteiger partial charge on any atom is 0.0517 e. The zero-order valence-electron chi connectivity index (χ0n) is 12.1. The van der Waals surface area contributed by atoms with E-state index in [1.54, 1.807) is 0 Å². The summed E-state index contributed by atoms with van der Waals surface area (Å²) in [6, 6.07) is 0. The first-order valence-electron chi connectivity index (χ1n) is 7.13. The van der Waals surface area contributed by atoms with E-state index in [4.69, 9.17) is 4.74 Å². The molecular formula is C15H32O. The molecule has 0 bridgehead atoms. The molecule has 0 saturated heterocycles. The number of hydrogen-bond donors (Lipinski definition) is 0. The van der Waals surface area contributed by atoms with Crippen LogP contribution in [0.15, 0.2) is 0 Å². The highest BCUT2D eigenvalue weighted by molar-refractivity contribution is 4.67. The summed E-state index contributed by atoms with van der Waals surface area (Å²) in [6.07, 6.45) is 7.76. The standard InChI is InChI=1S/C15H32O/c1-6-9-10-14(8-3)12-16-13-15(4,5)11-7-2/h14H,6-13H2,1-5H3/t14-/m0/s1. The molecule has 0 aliphatic heterocycles. The highest BCUT2D eigenvalue weighted by Gasteiger charge is 2.17. The Morgan fingerprint density at radius 3 is 2.25 bits per heavy atom. The second-order valence-corrected chi connectivity index (χ2v) is 5.85. The number of rotatable bonds is 10. The lowest BCUT2D eigenvalue weighted by molar-refractivity contribution is 0.0333. The van der Waals surface area contributed by atoms with Crippen LogP contribution in [0.5, 0.6) is 0 Å². The molecule has 0 aliphatic carbocycles. The van der Waals surface area contributed by atoms with Gasteiger partial charge in [-0.25, -0.2) is 0 Å². The van der Waals surface area contributed by atoms with Crippen LogP contribution in [0.25, 0.3) is 0 Å². The molecule has 0 heterocycles. The zero-order chi connectivity index (χ0) is 12.4. The monoisotopic (exact) mass is 228 g/mol. The lowest BCUT2D eigenvalue weighted by Crippen LogP contribution is -2.21. The van der Waals surface area contributed by atoms with E-state index in [1.807, 2.05) is 0 Å². The predicted molar refractivity (Wildman–Crippen MR) is 72.8 cm³/mol. The largest absolute Gasteiger partial charge is 0.381 e. The average molecular weight is 228 g/mol. The summed E-state index contributed by atoms with van der Waals surface area (Å²) in [7, 11) is 0. The van der Waals surface area contributed by atoms with Crippen molar-refractivity contribution in [3.63, 3.8) is 0 Å². The van der Waals surface area contributed by atoms with Gasteiger partial charge in [-0.2, -0.15) is 0 Å². The van der Waals surface area contributed by atoms with Crippen molar-refractivity contribution >= 4 is 0 Å². The Balaban J connectivity index is 3.68. The van der Waals surface area contributed by atoms with Gasteiger partial charge < -0.3 is 4.74 Å². The quantitative estimate of drug-likeness (QED) is 0.508. The van der Waals surface area contributed by atoms with Gasteiger partial charge >= 0.3 is 0 Å². The van der Waals surface area contributed by atoms with Gasteiger partial charge in [-0.15, -0.1) is 0 Å². The van der Waals surface area contributed by atoms with Gasteiger partial charge in [0.2, 0.25) is 0 Å². The van der Waals surface area contributed by atoms with Crippen LogP contribution in [-0.4, -0.2) is 13.2 Å². The van der Waals surface area contributed by atoms with E-state index in [0.717, 1.165) is 19.1 Å². The van der Waals surface area contributed by atoms with Crippen molar-refractivity contribution in [2.24, 2.45) is 11.3 Å². The van der Waals surface area contributed by atoms with E-state index in [9.17, 15) is 0 Å². The van der Waals surface area contributed by atoms with E-state index in [0.29, 0.717) is 5.41 Å². The van der Waals surface area contributed by atoms with Crippen LogP contribution in [-0.2, 0) is 4.74 Å². The normalized spacial score (nSPS) is 14.1. The molecule has 1 nitrogen and oxygen atoms in total. The van der Waals surface area contributed by atoms with E-state index in [1.165, 1.54) is 38.5 Å². The average Bonchev–Trinajstić information content (AvgIpc) is 2.22. The molecule has 0 unspecified atom stereocenters. The van der Waals surface area contributed by atoms with Crippen LogP contribution >= 0.6 is 0 Å². The maximum absolute atomic E-state index is 5.90. The van der Waals surface area contributed by atoms with Crippen molar-refractivity contribution in [1.82, 2.24) is 0 Å². The van der Waals surface area contributed by atoms with Crippen LogP contribution in [0.4, 0.5) is 0 Å². The van der Waals surface area contributed by atoms with Crippen molar-refractivity contribution in [3.8, 4) is 0 Å². The lowest BCUT2D eigenvalue weighted by atomic mass is 9.89. The van der Waals surface area contributed by atoms with Gasteiger partial charge in [-0.1, -0.05) is 60.3 Å². The highest BCUT2D eigenvalue weighted by atomic mass is 16.5. The minimum Gasteiger partial charge on any atom is -0.381 e. The maximum atomic E-state index is 5.90. The smallest absolute Gasteiger partial charge is 0.0517 e. The molecule has 0 aromatic rings. The summed E-state index contributed by atoms with van der Waals surface area (Å²) in [5, 5.41) is 0. The van der Waals surface area contributed by atoms with Crippen LogP contribution in [0, 0.1) is 11.3 Å². The van der Waals surface area contributed by atoms with Gasteiger partial charge in [0.05, 0.1) is 6.61 Å². The first-order valence-corrected chi connectivity index (χ1v) is 7.13. The summed E-state index contributed by atoms with van der Waals surface area (Å²) < 4.78 is 5.90. The molecule has 0 spiro atoms. The third-order valence-corrected chi connectivity index (χ3v) is 3.32. The van der Waals surface area contributed by atoms with Gasteiger partial charge in [-0.3, -0.25) is 0 Å². The molecule has 0 N–H and O–H groups in total. The Labute approximate surface area is 103 Å². The molecule has 98 valence electrons. The molecule has 0 radical (unpaired) electrons. The zero-order valence-corrected chi connectivity index (χ0v) is 12.1. The van der Waals surface area contributed by atoms with E-state index >= 15 is 0 Å². The van der Waals surface area contributed by atoms with E-state index in [-0.39, 0.29) is 0 Å². The fraction of sp³-hybridized carbons (Fsp3) is 1.00. The third-order valence-electron chi connectivity index (χ3n) is 3.32. The molecule has 16 heavy (non-hydrogen) atoms. The summed E-state index contributed by atoms with van der Waals surface area (Å²) >= 11 is 0. The minimum absolute atomic E-state index is 0.359. The molecular weight excluding hydrogens is 196 g/mol. The first kappa shape index (κ1) is 16.0. The number of ether oxygens (including phenoxy) is 1. The summed E-state index contributed by atoms with van der Waals surface area (Å²) in [6.45, 7) is 13.3. The molecule has 0 amide bonds. The number of hydrogen-bond acceptors (Lipinski definition) is 1. The van der Waals surface area contributed by atoms with Gasteiger partial charge in [0.15, 0.2) is 0 Å². The Morgan fingerprint density at radius 2 is 1.75 bits per heavy atom. The van der Waals surface area contributed by atoms with Crippen molar-refractivity contribution < 1.29 is 4.74 Å². The molecule has 1 heteroatoms. The Hall–Kier alpha value is -0.0400. The van der Waals surface area contributed by atoms with Gasteiger partial charge in [-0.05, 0) is 24.2 Å². The van der Waals surface area contributed by atoms with Crippen molar-refractivity contribution in [2.75, 3.05) is 13.2 Å². The molecule has 1 atom stereocenters. The lowest BCUT2D eigenvalue weighted by Gasteiger charge is -2.25. The second-order valence-electron chi connectivity index (χ2n) is 5.85. The predicted octanol–water partition coefficient (Wildman–Crippen LogP) is 5.05. The third kappa shape index (κ3) is 8.15. The fourth-order valence-electron chi connectivity index (χ4n) is 2.15. The Bertz CT molecular complexity index is 152. The highest BCUT2D eigenvalue weighted by Crippen LogP contribution is 2.23. The van der Waals surface area contributed by atoms with Gasteiger partial charge in [0.1, 0.15) is 0 Å². The molecule has 0 rings (SSSR count). The molecule has 0 aromatic heterocycles. The molecule has 0 saturated carbocycles. The van der Waals surface area contributed by atoms with Crippen molar-refractivity contribution in [2.45, 2.75) is 73.1 Å². The van der Waals surface area contributed by atoms with Crippen LogP contribution in [0.3, 0.4) is 0 Å². The van der Waals surface area contributed by atoms with Crippen molar-refractivity contribution in [1.29, 1.82) is 0 Å². The molecule has 0 aliphatic rings. The van der Waals surface area contributed by atoms with Crippen LogP contribution in [0.1, 0.15) is 73.1 Å². The Morgan fingerprint density at radius 1 is 1.06 bits per heavy atom. The summed E-state index contributed by atoms with van der Waals surface area (Å²) in [4.78, 5) is 0. The topological polar surface area (TPSA) is 9.23 Å². The van der Waals surface area contributed by atoms with E-state index < -0.39 is 0 Å². The van der Waals surface area contributed by atoms with Gasteiger partial charge in [0, 0.05) is 6.61 Å². The van der Waals surface area contributed by atoms with Crippen molar-refractivity contribution in [3.05, 3.63) is 0 Å². The SMILES string of the molecule is CCCC[C@H](CC)COCC(C)(C)CCC. The molecule has 0 fully saturated rings. The minimum atomic E-state index is 0.359. The van der Waals surface area contributed by atoms with Crippen LogP contribution < -0.4 is 0 Å². The fourth-order valence-corrected chi connectivity index (χ4v) is 2.15. The summed E-state index contributed by atoms with van der Waals surface area (Å²) in [5.41, 5.74) is 0.359. The van der Waals surface area contributed by atoms with Crippen LogP contribution in [0.2, 0.25) is 0 Å². The van der Waals surface area contributed by atoms with Gasteiger partial charge in [0.25, 0.3) is 0 Å². The molecule has 0 aromatic carbocycles. The Kier molecular flexibility index (Phi) is 9.02.